The van der Waals surface area contributed by atoms with Gasteiger partial charge < -0.3 is 5.32 Å². The zero-order valence-corrected chi connectivity index (χ0v) is 21.0. The van der Waals surface area contributed by atoms with Crippen molar-refractivity contribution in [3.05, 3.63) is 108 Å². The van der Waals surface area contributed by atoms with Crippen LogP contribution in [0, 0.1) is 5.82 Å². The minimum absolute atomic E-state index is 0.337. The van der Waals surface area contributed by atoms with E-state index in [0.717, 1.165) is 41.8 Å². The number of fused-ring (bicyclic) bond motifs is 1. The average molecular weight is 524 g/mol. The SMILES string of the molecule is Fc1ccc(Cl)cc1-c1[nH]ncc1-c1ccc2ncc(-c3cnn(CCNCc4ccccc4)c3)cc2n1. The third-order valence-electron chi connectivity index (χ3n) is 6.31. The number of pyridine rings is 2. The van der Waals surface area contributed by atoms with Gasteiger partial charge >= 0.3 is 0 Å². The van der Waals surface area contributed by atoms with Crippen molar-refractivity contribution in [2.75, 3.05) is 6.54 Å². The molecule has 0 amide bonds. The third-order valence-corrected chi connectivity index (χ3v) is 6.54. The second-order valence-corrected chi connectivity index (χ2v) is 9.33. The molecular formula is C29H23ClFN7. The number of H-pyrrole nitrogens is 1. The summed E-state index contributed by atoms with van der Waals surface area (Å²) >= 11 is 6.11. The number of aromatic amines is 1. The van der Waals surface area contributed by atoms with Crippen molar-refractivity contribution in [3.63, 3.8) is 0 Å². The van der Waals surface area contributed by atoms with Crippen LogP contribution in [0.15, 0.2) is 91.5 Å². The van der Waals surface area contributed by atoms with E-state index in [1.807, 2.05) is 59.7 Å². The molecule has 188 valence electrons. The van der Waals surface area contributed by atoms with E-state index in [9.17, 15) is 4.39 Å². The van der Waals surface area contributed by atoms with E-state index in [1.54, 1.807) is 12.3 Å². The van der Waals surface area contributed by atoms with Crippen LogP contribution in [-0.2, 0) is 13.1 Å². The monoisotopic (exact) mass is 523 g/mol. The number of hydrogen-bond donors (Lipinski definition) is 2. The smallest absolute Gasteiger partial charge is 0.132 e. The molecule has 6 aromatic rings. The van der Waals surface area contributed by atoms with Crippen LogP contribution in [0.2, 0.25) is 5.02 Å². The van der Waals surface area contributed by atoms with Crippen molar-refractivity contribution in [1.29, 1.82) is 0 Å². The molecular weight excluding hydrogens is 501 g/mol. The quantitative estimate of drug-likeness (QED) is 0.234. The van der Waals surface area contributed by atoms with Gasteiger partial charge in [0.15, 0.2) is 0 Å². The predicted octanol–water partition coefficient (Wildman–Crippen LogP) is 6.13. The number of rotatable bonds is 8. The van der Waals surface area contributed by atoms with E-state index in [2.05, 4.69) is 37.7 Å². The highest BCUT2D eigenvalue weighted by molar-refractivity contribution is 6.30. The van der Waals surface area contributed by atoms with Gasteiger partial charge in [0.25, 0.3) is 0 Å². The van der Waals surface area contributed by atoms with Crippen LogP contribution in [0.1, 0.15) is 5.56 Å². The summed E-state index contributed by atoms with van der Waals surface area (Å²) in [5.41, 5.74) is 6.79. The Hall–Kier alpha value is -4.40. The maximum Gasteiger partial charge on any atom is 0.132 e. The van der Waals surface area contributed by atoms with Gasteiger partial charge in [-0.1, -0.05) is 41.9 Å². The highest BCUT2D eigenvalue weighted by Gasteiger charge is 2.16. The predicted molar refractivity (Wildman–Crippen MR) is 147 cm³/mol. The molecule has 0 fully saturated rings. The minimum Gasteiger partial charge on any atom is -0.311 e. The molecule has 0 unspecified atom stereocenters. The molecule has 4 aromatic heterocycles. The standard InChI is InChI=1S/C29H23ClFN7/c30-22-6-7-25(31)23(13-22)29-24(17-34-37-29)26-8-9-27-28(36-26)12-20(15-33-27)21-16-35-38(18-21)11-10-32-14-19-4-2-1-3-5-19/h1-9,12-13,15-18,32H,10-11,14H2,(H,34,37). The summed E-state index contributed by atoms with van der Waals surface area (Å²) in [5, 5.41) is 15.4. The van der Waals surface area contributed by atoms with Crippen LogP contribution in [0.5, 0.6) is 0 Å². The van der Waals surface area contributed by atoms with Gasteiger partial charge in [0.05, 0.1) is 41.4 Å². The Morgan fingerprint density at radius 1 is 0.895 bits per heavy atom. The van der Waals surface area contributed by atoms with Gasteiger partial charge in [-0.05, 0) is 42.0 Å². The molecule has 0 bridgehead atoms. The Balaban J connectivity index is 1.21. The fourth-order valence-corrected chi connectivity index (χ4v) is 4.52. The van der Waals surface area contributed by atoms with Crippen LogP contribution < -0.4 is 5.32 Å². The summed E-state index contributed by atoms with van der Waals surface area (Å²) in [7, 11) is 0. The first-order valence-electron chi connectivity index (χ1n) is 12.2. The summed E-state index contributed by atoms with van der Waals surface area (Å²) in [6, 6.07) is 20.5. The molecule has 2 aromatic carbocycles. The molecule has 0 aliphatic carbocycles. The lowest BCUT2D eigenvalue weighted by Gasteiger charge is -2.07. The van der Waals surface area contributed by atoms with Crippen molar-refractivity contribution in [2.24, 2.45) is 0 Å². The van der Waals surface area contributed by atoms with Gasteiger partial charge in [0.2, 0.25) is 0 Å². The van der Waals surface area contributed by atoms with Crippen LogP contribution >= 0.6 is 11.6 Å². The van der Waals surface area contributed by atoms with Crippen LogP contribution in [0.4, 0.5) is 4.39 Å². The van der Waals surface area contributed by atoms with Gasteiger partial charge in [-0.3, -0.25) is 14.8 Å². The Morgan fingerprint density at radius 3 is 2.68 bits per heavy atom. The molecule has 0 radical (unpaired) electrons. The lowest BCUT2D eigenvalue weighted by Crippen LogP contribution is -2.19. The van der Waals surface area contributed by atoms with Crippen molar-refractivity contribution in [1.82, 2.24) is 35.3 Å². The van der Waals surface area contributed by atoms with E-state index in [1.165, 1.54) is 17.7 Å². The van der Waals surface area contributed by atoms with Crippen LogP contribution in [0.3, 0.4) is 0 Å². The molecule has 0 spiro atoms. The average Bonchev–Trinajstić information content (AvgIpc) is 3.63. The van der Waals surface area contributed by atoms with Crippen LogP contribution in [0.25, 0.3) is 44.7 Å². The first-order valence-corrected chi connectivity index (χ1v) is 12.6. The molecule has 0 aliphatic rings. The van der Waals surface area contributed by atoms with E-state index >= 15 is 0 Å². The highest BCUT2D eigenvalue weighted by atomic mass is 35.5. The normalized spacial score (nSPS) is 11.3. The van der Waals surface area contributed by atoms with Crippen LogP contribution in [-0.4, -0.2) is 36.5 Å². The Labute approximate surface area is 223 Å². The van der Waals surface area contributed by atoms with Gasteiger partial charge in [-0.2, -0.15) is 10.2 Å². The molecule has 0 aliphatic heterocycles. The number of benzene rings is 2. The Morgan fingerprint density at radius 2 is 1.79 bits per heavy atom. The third kappa shape index (κ3) is 5.04. The number of hydrogen-bond acceptors (Lipinski definition) is 5. The van der Waals surface area contributed by atoms with E-state index in [4.69, 9.17) is 16.6 Å². The molecule has 0 atom stereocenters. The molecule has 7 nitrogen and oxygen atoms in total. The summed E-state index contributed by atoms with van der Waals surface area (Å²) in [4.78, 5) is 9.42. The number of nitrogens with one attached hydrogen (secondary N) is 2. The van der Waals surface area contributed by atoms with E-state index in [0.29, 0.717) is 27.5 Å². The molecule has 9 heteroatoms. The maximum absolute atomic E-state index is 14.6. The number of halogens is 2. The number of nitrogens with zero attached hydrogens (tertiary/aromatic N) is 5. The molecule has 4 heterocycles. The zero-order valence-electron chi connectivity index (χ0n) is 20.3. The molecule has 0 saturated heterocycles. The first-order chi connectivity index (χ1) is 18.6. The fraction of sp³-hybridized carbons (Fsp3) is 0.103. The van der Waals surface area contributed by atoms with Crippen molar-refractivity contribution >= 4 is 22.6 Å². The van der Waals surface area contributed by atoms with Gasteiger partial charge in [-0.15, -0.1) is 0 Å². The van der Waals surface area contributed by atoms with Gasteiger partial charge in [-0.25, -0.2) is 9.37 Å². The second-order valence-electron chi connectivity index (χ2n) is 8.90. The van der Waals surface area contributed by atoms with E-state index in [-0.39, 0.29) is 0 Å². The fourth-order valence-electron chi connectivity index (χ4n) is 4.35. The first kappa shape index (κ1) is 24.0. The highest BCUT2D eigenvalue weighted by Crippen LogP contribution is 2.33. The topological polar surface area (TPSA) is 84.3 Å². The minimum atomic E-state index is -0.392. The summed E-state index contributed by atoms with van der Waals surface area (Å²) in [6.45, 7) is 2.37. The lowest BCUT2D eigenvalue weighted by molar-refractivity contribution is 0.555. The molecule has 38 heavy (non-hydrogen) atoms. The second kappa shape index (κ2) is 10.5. The van der Waals surface area contributed by atoms with Crippen molar-refractivity contribution in [3.8, 4) is 33.6 Å². The van der Waals surface area contributed by atoms with E-state index < -0.39 is 5.82 Å². The summed E-state index contributed by atoms with van der Waals surface area (Å²) < 4.78 is 16.5. The Bertz CT molecular complexity index is 1710. The Kier molecular flexibility index (Phi) is 6.64. The van der Waals surface area contributed by atoms with Crippen molar-refractivity contribution in [2.45, 2.75) is 13.1 Å². The molecule has 0 saturated carbocycles. The van der Waals surface area contributed by atoms with Gasteiger partial charge in [0.1, 0.15) is 5.82 Å². The largest absolute Gasteiger partial charge is 0.311 e. The lowest BCUT2D eigenvalue weighted by atomic mass is 10.0. The molecule has 6 rings (SSSR count). The summed E-state index contributed by atoms with van der Waals surface area (Å²) in [6.07, 6.45) is 7.30. The maximum atomic E-state index is 14.6. The van der Waals surface area contributed by atoms with Gasteiger partial charge in [0, 0.05) is 52.8 Å². The summed E-state index contributed by atoms with van der Waals surface area (Å²) in [5.74, 6) is -0.392. The molecule has 2 N–H and O–H groups in total. The number of aromatic nitrogens is 6. The zero-order chi connectivity index (χ0) is 25.9. The van der Waals surface area contributed by atoms with Crippen molar-refractivity contribution < 1.29 is 4.39 Å².